The van der Waals surface area contributed by atoms with E-state index >= 15 is 0 Å². The lowest BCUT2D eigenvalue weighted by atomic mass is 10.1. The second kappa shape index (κ2) is 4.79. The summed E-state index contributed by atoms with van der Waals surface area (Å²) in [5.41, 5.74) is 2.25. The second-order valence-corrected chi connectivity index (χ2v) is 5.75. The summed E-state index contributed by atoms with van der Waals surface area (Å²) in [5, 5.41) is 0. The highest BCUT2D eigenvalue weighted by Gasteiger charge is 2.30. The Hall–Kier alpha value is -2.52. The normalized spacial score (nSPS) is 12.7. The first-order valence-corrected chi connectivity index (χ1v) is 7.47. The van der Waals surface area contributed by atoms with Gasteiger partial charge in [0.25, 0.3) is 5.95 Å². The van der Waals surface area contributed by atoms with Gasteiger partial charge in [-0.25, -0.2) is 0 Å². The molecule has 1 aromatic heterocycles. The molecule has 0 atom stereocenters. The van der Waals surface area contributed by atoms with Crippen molar-refractivity contribution in [1.82, 2.24) is 0 Å². The molecular weight excluding hydrogens is 280 g/mol. The van der Waals surface area contributed by atoms with Gasteiger partial charge in [0.05, 0.1) is 9.75 Å². The van der Waals surface area contributed by atoms with Crippen molar-refractivity contribution in [3.63, 3.8) is 0 Å². The van der Waals surface area contributed by atoms with E-state index in [0.29, 0.717) is 5.95 Å². The van der Waals surface area contributed by atoms with Gasteiger partial charge in [0, 0.05) is 0 Å². The highest BCUT2D eigenvalue weighted by Crippen LogP contribution is 2.55. The Kier molecular flexibility index (Phi) is 2.79. The van der Waals surface area contributed by atoms with Crippen molar-refractivity contribution in [2.24, 2.45) is 0 Å². The summed E-state index contributed by atoms with van der Waals surface area (Å²) >= 11 is 1.68. The molecular formula is C18H12O2S. The second-order valence-electron chi connectivity index (χ2n) is 4.73. The highest BCUT2D eigenvalue weighted by atomic mass is 32.1. The van der Waals surface area contributed by atoms with Gasteiger partial charge in [0.2, 0.25) is 0 Å². The Morgan fingerprint density at radius 3 is 1.52 bits per heavy atom. The molecule has 3 heteroatoms. The van der Waals surface area contributed by atoms with Crippen LogP contribution in [0.4, 0.5) is 0 Å². The molecule has 102 valence electrons. The molecule has 0 bridgehead atoms. The first-order valence-electron chi connectivity index (χ1n) is 6.65. The maximum atomic E-state index is 5.69. The molecule has 2 nitrogen and oxygen atoms in total. The van der Waals surface area contributed by atoms with Gasteiger partial charge in [-0.05, 0) is 17.7 Å². The molecule has 2 heterocycles. The summed E-state index contributed by atoms with van der Waals surface area (Å²) in [7, 11) is 0. The van der Waals surface area contributed by atoms with Crippen LogP contribution in [0.1, 0.15) is 0 Å². The van der Waals surface area contributed by atoms with E-state index in [1.165, 1.54) is 0 Å². The van der Waals surface area contributed by atoms with Crippen LogP contribution in [-0.4, -0.2) is 0 Å². The Bertz CT molecular complexity index is 738. The summed E-state index contributed by atoms with van der Waals surface area (Å²) in [6.07, 6.45) is 0. The summed E-state index contributed by atoms with van der Waals surface area (Å²) in [4.78, 5) is 2.14. The van der Waals surface area contributed by atoms with E-state index in [9.17, 15) is 0 Å². The zero-order valence-corrected chi connectivity index (χ0v) is 12.0. The summed E-state index contributed by atoms with van der Waals surface area (Å²) < 4.78 is 11.4. The topological polar surface area (TPSA) is 18.5 Å². The van der Waals surface area contributed by atoms with Crippen LogP contribution in [-0.2, 0) is 0 Å². The number of hydrogen-bond donors (Lipinski definition) is 0. The predicted molar refractivity (Wildman–Crippen MR) is 85.6 cm³/mol. The minimum Gasteiger partial charge on any atom is -0.421 e. The monoisotopic (exact) mass is 292 g/mol. The van der Waals surface area contributed by atoms with E-state index in [2.05, 4.69) is 30.8 Å². The molecule has 0 unspecified atom stereocenters. The molecule has 0 amide bonds. The molecule has 0 saturated carbocycles. The van der Waals surface area contributed by atoms with E-state index in [1.807, 2.05) is 36.4 Å². The number of fused-ring (bicyclic) bond motifs is 1. The molecule has 3 aromatic rings. The quantitative estimate of drug-likeness (QED) is 0.636. The van der Waals surface area contributed by atoms with Crippen molar-refractivity contribution >= 4 is 11.3 Å². The van der Waals surface area contributed by atoms with Crippen LogP contribution in [0.5, 0.6) is 11.5 Å². The molecule has 0 fully saturated rings. The predicted octanol–water partition coefficient (Wildman–Crippen LogP) is 5.32. The van der Waals surface area contributed by atoms with E-state index in [1.54, 1.807) is 11.3 Å². The standard InChI is InChI=1S/C18H12O2S/c1-12-19-15-16(20-12)18(14-10-6-3-7-11-14)21-17(15)13-8-4-2-5-9-13/h2-11H,1H2. The lowest BCUT2D eigenvalue weighted by Crippen LogP contribution is -1.91. The van der Waals surface area contributed by atoms with Crippen LogP contribution in [0.2, 0.25) is 0 Å². The number of ether oxygens (including phenoxy) is 2. The third kappa shape index (κ3) is 2.03. The zero-order valence-electron chi connectivity index (χ0n) is 11.2. The van der Waals surface area contributed by atoms with Crippen molar-refractivity contribution in [2.45, 2.75) is 0 Å². The van der Waals surface area contributed by atoms with Gasteiger partial charge in [0.1, 0.15) is 0 Å². The van der Waals surface area contributed by atoms with Crippen molar-refractivity contribution in [1.29, 1.82) is 0 Å². The first kappa shape index (κ1) is 12.2. The molecule has 0 aliphatic carbocycles. The van der Waals surface area contributed by atoms with E-state index in [0.717, 1.165) is 32.4 Å². The van der Waals surface area contributed by atoms with Crippen LogP contribution in [0.15, 0.2) is 73.2 Å². The van der Waals surface area contributed by atoms with Gasteiger partial charge < -0.3 is 9.47 Å². The fraction of sp³-hybridized carbons (Fsp3) is 0. The average molecular weight is 292 g/mol. The molecule has 0 saturated heterocycles. The molecule has 1 aliphatic rings. The number of thiophene rings is 1. The summed E-state index contributed by atoms with van der Waals surface area (Å²) in [6.45, 7) is 3.77. The van der Waals surface area contributed by atoms with Gasteiger partial charge in [-0.3, -0.25) is 0 Å². The maximum absolute atomic E-state index is 5.69. The third-order valence-electron chi connectivity index (χ3n) is 3.33. The lowest BCUT2D eigenvalue weighted by Gasteiger charge is -2.02. The van der Waals surface area contributed by atoms with E-state index < -0.39 is 0 Å². The molecule has 4 rings (SSSR count). The number of hydrogen-bond acceptors (Lipinski definition) is 3. The number of benzene rings is 2. The van der Waals surface area contributed by atoms with Crippen LogP contribution in [0.3, 0.4) is 0 Å². The van der Waals surface area contributed by atoms with Gasteiger partial charge in [-0.15, -0.1) is 11.3 Å². The summed E-state index contributed by atoms with van der Waals surface area (Å²) in [6, 6.07) is 20.4. The minimum atomic E-state index is 0.335. The molecule has 21 heavy (non-hydrogen) atoms. The van der Waals surface area contributed by atoms with Gasteiger partial charge in [-0.1, -0.05) is 60.7 Å². The van der Waals surface area contributed by atoms with E-state index in [-0.39, 0.29) is 0 Å². The molecule has 0 spiro atoms. The Labute approximate surface area is 126 Å². The smallest absolute Gasteiger partial charge is 0.283 e. The average Bonchev–Trinajstić information content (AvgIpc) is 3.06. The van der Waals surface area contributed by atoms with Crippen molar-refractivity contribution in [3.05, 3.63) is 73.2 Å². The Morgan fingerprint density at radius 1 is 0.667 bits per heavy atom. The van der Waals surface area contributed by atoms with E-state index in [4.69, 9.17) is 9.47 Å². The molecule has 0 radical (unpaired) electrons. The highest BCUT2D eigenvalue weighted by molar-refractivity contribution is 7.19. The van der Waals surface area contributed by atoms with Crippen LogP contribution in [0.25, 0.3) is 20.9 Å². The largest absolute Gasteiger partial charge is 0.421 e. The Balaban J connectivity index is 1.93. The van der Waals surface area contributed by atoms with Crippen LogP contribution in [0, 0.1) is 0 Å². The lowest BCUT2D eigenvalue weighted by molar-refractivity contribution is 0.291. The molecule has 0 N–H and O–H groups in total. The SMILES string of the molecule is C=C1Oc2c(-c3ccccc3)sc(-c3ccccc3)c2O1. The Morgan fingerprint density at radius 2 is 1.10 bits per heavy atom. The van der Waals surface area contributed by atoms with Crippen molar-refractivity contribution in [2.75, 3.05) is 0 Å². The minimum absolute atomic E-state index is 0.335. The van der Waals surface area contributed by atoms with Gasteiger partial charge in [-0.2, -0.15) is 0 Å². The van der Waals surface area contributed by atoms with Crippen LogP contribution < -0.4 is 9.47 Å². The van der Waals surface area contributed by atoms with Crippen molar-refractivity contribution in [3.8, 4) is 32.4 Å². The molecule has 2 aromatic carbocycles. The summed E-state index contributed by atoms with van der Waals surface area (Å²) in [5.74, 6) is 1.88. The fourth-order valence-corrected chi connectivity index (χ4v) is 3.56. The first-order chi connectivity index (χ1) is 10.3. The fourth-order valence-electron chi connectivity index (χ4n) is 2.39. The zero-order chi connectivity index (χ0) is 14.2. The molecule has 1 aliphatic heterocycles. The van der Waals surface area contributed by atoms with Gasteiger partial charge >= 0.3 is 0 Å². The third-order valence-corrected chi connectivity index (χ3v) is 4.58. The van der Waals surface area contributed by atoms with Crippen LogP contribution >= 0.6 is 11.3 Å². The van der Waals surface area contributed by atoms with Gasteiger partial charge in [0.15, 0.2) is 11.5 Å². The maximum Gasteiger partial charge on any atom is 0.283 e. The van der Waals surface area contributed by atoms with Crippen molar-refractivity contribution < 1.29 is 9.47 Å². The number of rotatable bonds is 2.